The average molecular weight is 365 g/mol. The maximum Gasteiger partial charge on any atom is 0.237 e. The van der Waals surface area contributed by atoms with Crippen LogP contribution in [0.25, 0.3) is 0 Å². The molecule has 0 heterocycles. The van der Waals surface area contributed by atoms with E-state index in [9.17, 15) is 4.79 Å². The Morgan fingerprint density at radius 2 is 2.00 bits per heavy atom. The molecule has 110 valence electrons. The van der Waals surface area contributed by atoms with Crippen molar-refractivity contribution in [1.82, 2.24) is 0 Å². The Bertz CT molecular complexity index is 660. The van der Waals surface area contributed by atoms with Gasteiger partial charge in [-0.05, 0) is 49.7 Å². The minimum Gasteiger partial charge on any atom is -0.398 e. The quantitative estimate of drug-likeness (QED) is 0.621. The summed E-state index contributed by atoms with van der Waals surface area (Å²) in [6.45, 7) is 3.79. The number of nitrogens with one attached hydrogen (secondary N) is 1. The van der Waals surface area contributed by atoms with Gasteiger partial charge in [0.05, 0.1) is 5.25 Å². The minimum atomic E-state index is -0.194. The Balaban J connectivity index is 2.04. The smallest absolute Gasteiger partial charge is 0.237 e. The number of carbonyl (C=O) groups excluding carboxylic acids is 1. The van der Waals surface area contributed by atoms with E-state index in [0.717, 1.165) is 20.6 Å². The second-order valence-corrected chi connectivity index (χ2v) is 7.06. The topological polar surface area (TPSA) is 55.1 Å². The lowest BCUT2D eigenvalue weighted by molar-refractivity contribution is -0.115. The lowest BCUT2D eigenvalue weighted by Crippen LogP contribution is -2.23. The number of nitrogens with two attached hydrogens (primary N) is 1. The predicted molar refractivity (Wildman–Crippen MR) is 93.7 cm³/mol. The van der Waals surface area contributed by atoms with Crippen LogP contribution in [0, 0.1) is 6.92 Å². The Kier molecular flexibility index (Phi) is 5.31. The van der Waals surface area contributed by atoms with Crippen molar-refractivity contribution in [1.29, 1.82) is 0 Å². The number of rotatable bonds is 4. The molecule has 2 aromatic carbocycles. The van der Waals surface area contributed by atoms with Crippen molar-refractivity contribution in [3.63, 3.8) is 0 Å². The number of anilines is 2. The largest absolute Gasteiger partial charge is 0.398 e. The fourth-order valence-corrected chi connectivity index (χ4v) is 3.30. The minimum absolute atomic E-state index is 0.0336. The maximum atomic E-state index is 12.3. The van der Waals surface area contributed by atoms with E-state index in [0.29, 0.717) is 5.69 Å². The van der Waals surface area contributed by atoms with E-state index >= 15 is 0 Å². The van der Waals surface area contributed by atoms with Crippen LogP contribution in [0.1, 0.15) is 12.5 Å². The maximum absolute atomic E-state index is 12.3. The van der Waals surface area contributed by atoms with E-state index in [1.54, 1.807) is 0 Å². The van der Waals surface area contributed by atoms with Crippen LogP contribution in [-0.2, 0) is 4.79 Å². The van der Waals surface area contributed by atoms with Crippen molar-refractivity contribution in [2.45, 2.75) is 24.0 Å². The van der Waals surface area contributed by atoms with Gasteiger partial charge >= 0.3 is 0 Å². The van der Waals surface area contributed by atoms with Crippen molar-refractivity contribution in [3.8, 4) is 0 Å². The number of halogens is 1. The summed E-state index contributed by atoms with van der Waals surface area (Å²) in [7, 11) is 0. The summed E-state index contributed by atoms with van der Waals surface area (Å²) in [5.74, 6) is -0.0336. The molecule has 0 fully saturated rings. The highest BCUT2D eigenvalue weighted by Gasteiger charge is 2.15. The number of hydrogen-bond acceptors (Lipinski definition) is 3. The third-order valence-electron chi connectivity index (χ3n) is 3.11. The van der Waals surface area contributed by atoms with Gasteiger partial charge in [-0.2, -0.15) is 0 Å². The molecule has 2 aromatic rings. The molecule has 0 aromatic heterocycles. The summed E-state index contributed by atoms with van der Waals surface area (Å²) in [4.78, 5) is 13.3. The Labute approximate surface area is 137 Å². The zero-order valence-electron chi connectivity index (χ0n) is 11.9. The standard InChI is InChI=1S/C16H17BrN2OS/c1-10-14(18)7-4-8-15(10)19-16(20)11(2)21-13-6-3-5-12(17)9-13/h3-9,11H,18H2,1-2H3,(H,19,20). The molecule has 0 saturated heterocycles. The molecule has 0 aliphatic rings. The molecule has 0 aliphatic heterocycles. The van der Waals surface area contributed by atoms with Crippen LogP contribution in [0.3, 0.4) is 0 Å². The van der Waals surface area contributed by atoms with Gasteiger partial charge in [0.15, 0.2) is 0 Å². The molecule has 0 radical (unpaired) electrons. The molecule has 0 aliphatic carbocycles. The zero-order chi connectivity index (χ0) is 15.4. The van der Waals surface area contributed by atoms with Crippen molar-refractivity contribution in [2.24, 2.45) is 0 Å². The third-order valence-corrected chi connectivity index (χ3v) is 4.70. The Hall–Kier alpha value is -1.46. The first-order valence-electron chi connectivity index (χ1n) is 6.55. The average Bonchev–Trinajstić information content (AvgIpc) is 2.44. The second kappa shape index (κ2) is 7.00. The van der Waals surface area contributed by atoms with Crippen molar-refractivity contribution in [3.05, 3.63) is 52.5 Å². The highest BCUT2D eigenvalue weighted by Crippen LogP contribution is 2.27. The van der Waals surface area contributed by atoms with E-state index in [2.05, 4.69) is 21.2 Å². The molecule has 0 bridgehead atoms. The third kappa shape index (κ3) is 4.25. The van der Waals surface area contributed by atoms with E-state index < -0.39 is 0 Å². The summed E-state index contributed by atoms with van der Waals surface area (Å²) in [6, 6.07) is 13.4. The molecule has 0 saturated carbocycles. The van der Waals surface area contributed by atoms with E-state index in [1.165, 1.54) is 11.8 Å². The van der Waals surface area contributed by atoms with Gasteiger partial charge in [-0.25, -0.2) is 0 Å². The fraction of sp³-hybridized carbons (Fsp3) is 0.188. The van der Waals surface area contributed by atoms with Gasteiger partial charge in [0.1, 0.15) is 0 Å². The highest BCUT2D eigenvalue weighted by atomic mass is 79.9. The van der Waals surface area contributed by atoms with Gasteiger partial charge in [-0.1, -0.05) is 28.1 Å². The first-order chi connectivity index (χ1) is 9.97. The van der Waals surface area contributed by atoms with Gasteiger partial charge < -0.3 is 11.1 Å². The van der Waals surface area contributed by atoms with Crippen LogP contribution >= 0.6 is 27.7 Å². The fourth-order valence-electron chi connectivity index (χ4n) is 1.82. The van der Waals surface area contributed by atoms with Crippen molar-refractivity contribution >= 4 is 45.0 Å². The van der Waals surface area contributed by atoms with Crippen LogP contribution in [0.2, 0.25) is 0 Å². The first kappa shape index (κ1) is 15.9. The molecule has 0 spiro atoms. The Morgan fingerprint density at radius 3 is 2.71 bits per heavy atom. The van der Waals surface area contributed by atoms with Crippen molar-refractivity contribution in [2.75, 3.05) is 11.1 Å². The molecule has 5 heteroatoms. The van der Waals surface area contributed by atoms with E-state index in [-0.39, 0.29) is 11.2 Å². The van der Waals surface area contributed by atoms with Crippen LogP contribution < -0.4 is 11.1 Å². The van der Waals surface area contributed by atoms with Gasteiger partial charge in [0.2, 0.25) is 5.91 Å². The molecule has 3 nitrogen and oxygen atoms in total. The summed E-state index contributed by atoms with van der Waals surface area (Å²) in [5, 5.41) is 2.74. The summed E-state index contributed by atoms with van der Waals surface area (Å²) >= 11 is 4.95. The lowest BCUT2D eigenvalue weighted by Gasteiger charge is -2.14. The molecular weight excluding hydrogens is 348 g/mol. The molecule has 3 N–H and O–H groups in total. The van der Waals surface area contributed by atoms with Gasteiger partial charge in [-0.15, -0.1) is 11.8 Å². The summed E-state index contributed by atoms with van der Waals surface area (Å²) < 4.78 is 1.01. The molecule has 2 rings (SSSR count). The molecule has 1 atom stereocenters. The lowest BCUT2D eigenvalue weighted by atomic mass is 10.1. The summed E-state index contributed by atoms with van der Waals surface area (Å²) in [5.41, 5.74) is 8.19. The van der Waals surface area contributed by atoms with Crippen molar-refractivity contribution < 1.29 is 4.79 Å². The number of carbonyl (C=O) groups is 1. The molecule has 21 heavy (non-hydrogen) atoms. The van der Waals surface area contributed by atoms with E-state index in [4.69, 9.17) is 5.73 Å². The predicted octanol–water partition coefficient (Wildman–Crippen LogP) is 4.46. The van der Waals surface area contributed by atoms with Crippen LogP contribution in [0.15, 0.2) is 51.8 Å². The van der Waals surface area contributed by atoms with Gasteiger partial charge in [-0.3, -0.25) is 4.79 Å². The first-order valence-corrected chi connectivity index (χ1v) is 8.23. The van der Waals surface area contributed by atoms with Gasteiger partial charge in [0.25, 0.3) is 0 Å². The number of amides is 1. The molecular formula is C16H17BrN2OS. The highest BCUT2D eigenvalue weighted by molar-refractivity contribution is 9.10. The monoisotopic (exact) mass is 364 g/mol. The number of hydrogen-bond donors (Lipinski definition) is 2. The molecule has 1 amide bonds. The Morgan fingerprint density at radius 1 is 1.29 bits per heavy atom. The van der Waals surface area contributed by atoms with Crippen LogP contribution in [-0.4, -0.2) is 11.2 Å². The SMILES string of the molecule is Cc1c(N)cccc1NC(=O)C(C)Sc1cccc(Br)c1. The second-order valence-electron chi connectivity index (χ2n) is 4.73. The van der Waals surface area contributed by atoms with Crippen LogP contribution in [0.4, 0.5) is 11.4 Å². The number of nitrogen functional groups attached to an aromatic ring is 1. The number of benzene rings is 2. The zero-order valence-corrected chi connectivity index (χ0v) is 14.3. The molecule has 1 unspecified atom stereocenters. The van der Waals surface area contributed by atoms with E-state index in [1.807, 2.05) is 56.3 Å². The summed E-state index contributed by atoms with van der Waals surface area (Å²) in [6.07, 6.45) is 0. The van der Waals surface area contributed by atoms with Gasteiger partial charge in [0, 0.05) is 20.7 Å². The normalized spacial score (nSPS) is 12.0. The van der Waals surface area contributed by atoms with Crippen LogP contribution in [0.5, 0.6) is 0 Å². The number of thioether (sulfide) groups is 1.